The molecule has 4 N–H and O–H groups in total. The fourth-order valence-corrected chi connectivity index (χ4v) is 17.2. The van der Waals surface area contributed by atoms with Crippen molar-refractivity contribution in [1.82, 2.24) is 62.0 Å². The lowest BCUT2D eigenvalue weighted by atomic mass is 10.1. The summed E-state index contributed by atoms with van der Waals surface area (Å²) in [4.78, 5) is 92.2. The number of alkyl halides is 1. The lowest BCUT2D eigenvalue weighted by molar-refractivity contribution is -0.0606. The number of rotatable bonds is 26. The van der Waals surface area contributed by atoms with E-state index in [0.717, 1.165) is 99.9 Å². The molecule has 17 rings (SSSR count). The third kappa shape index (κ3) is 23.5. The number of fused-ring (bicyclic) bond motifs is 12. The summed E-state index contributed by atoms with van der Waals surface area (Å²) < 4.78 is 80.3. The maximum atomic E-state index is 13.4. The number of ether oxygens (including phenoxy) is 3. The van der Waals surface area contributed by atoms with E-state index < -0.39 is 32.7 Å². The Hall–Kier alpha value is -13.1. The van der Waals surface area contributed by atoms with Gasteiger partial charge in [-0.25, -0.2) is 42.3 Å². The van der Waals surface area contributed by atoms with Gasteiger partial charge in [-0.15, -0.1) is 21.1 Å². The minimum atomic E-state index is -1.19. The first-order chi connectivity index (χ1) is 63.0. The first-order valence-electron chi connectivity index (χ1n) is 42.2. The standard InChI is InChI=1S/C27H35FN4O3Si.C25H29ClFN3O3Si.2C19H16FN3O3.C7H5ClO2.CH4/c1-19-13-23-25-21(16-30(2)3)17-31(15-20-7-9-22(28)10-8-20)24(25)14-29-26(23)27(33)32(19)35-18-34-11-12-36(4,5)6;1-17-11-21-23-19(12-26)15-29(14-18-5-7-20(27)8-6-18)22(23)13-28-24(21)25(31)30(17)33-16-32-9-10-34(2,3)4;2*1-11-6-15-17-13(10-24)9-22(8-12-2-4-14(20)5-3-12)16(17)7-21-18(15)19(25)23(11)26;8-7(9)10-6-4-2-1-3-5-6;/h7-10,13-14,17H,11-12,15-16,18H2,1-6H3;5-8,11,13,15H,9-10,12,14,16H2,1-4H3;2*2-7,9,24,26H,8,10H2,1H3;1-5H;1H4. The van der Waals surface area contributed by atoms with Crippen LogP contribution >= 0.6 is 23.2 Å². The fourth-order valence-electron chi connectivity index (χ4n) is 15.4. The van der Waals surface area contributed by atoms with Crippen LogP contribution in [-0.4, -0.2) is 145 Å². The minimum absolute atomic E-state index is 0. The topological polar surface area (TPSA) is 307 Å². The number of carbonyl (C=O) groups is 1. The number of hydrogen-bond acceptors (Lipinski definition) is 19. The molecule has 0 aliphatic carbocycles. The number of para-hydroxylation sites is 1. The Kier molecular flexibility index (Phi) is 32.0. The molecule has 0 bridgehead atoms. The first kappa shape index (κ1) is 98.9. The van der Waals surface area contributed by atoms with E-state index in [0.29, 0.717) is 117 Å². The van der Waals surface area contributed by atoms with Crippen molar-refractivity contribution in [3.05, 3.63) is 333 Å². The Balaban J connectivity index is 0.000000155. The summed E-state index contributed by atoms with van der Waals surface area (Å²) in [6.07, 6.45) is 14.2. The van der Waals surface area contributed by atoms with Crippen molar-refractivity contribution < 1.29 is 66.9 Å². The van der Waals surface area contributed by atoms with Crippen LogP contribution in [0.4, 0.5) is 22.4 Å². The van der Waals surface area contributed by atoms with Gasteiger partial charge in [0.25, 0.3) is 0 Å². The number of pyridine rings is 8. The second kappa shape index (κ2) is 43.1. The van der Waals surface area contributed by atoms with Crippen LogP contribution in [0.25, 0.3) is 87.2 Å². The highest BCUT2D eigenvalue weighted by Gasteiger charge is 2.24. The lowest BCUT2D eigenvalue weighted by Crippen LogP contribution is -2.31. The Morgan fingerprint density at radius 1 is 0.429 bits per heavy atom. The molecule has 12 aromatic heterocycles. The molecule has 0 spiro atoms. The number of aliphatic hydroxyl groups excluding tert-OH is 2. The average molecular weight is 1890 g/mol. The number of carbonyl (C=O) groups excluding carboxylic acids is 1. The van der Waals surface area contributed by atoms with Gasteiger partial charge in [-0.05, 0) is 172 Å². The van der Waals surface area contributed by atoms with E-state index in [9.17, 15) is 62.2 Å². The molecule has 133 heavy (non-hydrogen) atoms. The Bertz CT molecular complexity index is 7130. The Labute approximate surface area is 774 Å². The molecule has 0 aliphatic rings. The highest BCUT2D eigenvalue weighted by molar-refractivity contribution is 6.76. The van der Waals surface area contributed by atoms with Crippen LogP contribution in [0, 0.1) is 51.0 Å². The lowest BCUT2D eigenvalue weighted by Gasteiger charge is -2.17. The van der Waals surface area contributed by atoms with Gasteiger partial charge in [-0.2, -0.15) is 9.46 Å². The third-order valence-corrected chi connectivity index (χ3v) is 25.7. The van der Waals surface area contributed by atoms with Crippen molar-refractivity contribution in [3.8, 4) is 5.75 Å². The smallest absolute Gasteiger partial charge is 0.409 e. The summed E-state index contributed by atoms with van der Waals surface area (Å²) in [6.45, 7) is 24.2. The molecule has 35 heteroatoms. The van der Waals surface area contributed by atoms with Crippen molar-refractivity contribution in [3.63, 3.8) is 0 Å². The van der Waals surface area contributed by atoms with E-state index in [2.05, 4.69) is 79.6 Å². The first-order valence-corrected chi connectivity index (χ1v) is 50.6. The van der Waals surface area contributed by atoms with Gasteiger partial charge in [0.15, 0.2) is 0 Å². The largest absolute Gasteiger partial charge is 0.425 e. The number of aromatic nitrogens is 12. The number of hydrogen-bond donors (Lipinski definition) is 4. The Morgan fingerprint density at radius 2 is 0.722 bits per heavy atom. The molecule has 0 unspecified atom stereocenters. The van der Waals surface area contributed by atoms with Gasteiger partial charge in [0.1, 0.15) is 51.1 Å². The zero-order chi connectivity index (χ0) is 94.7. The van der Waals surface area contributed by atoms with Crippen LogP contribution in [0.15, 0.2) is 220 Å². The monoisotopic (exact) mass is 1890 g/mol. The van der Waals surface area contributed by atoms with Gasteiger partial charge in [0, 0.05) is 159 Å². The fraction of sp³-hybridized carbons (Fsp3) is 0.276. The number of aliphatic hydroxyl groups is 2. The molecule has 0 radical (unpaired) electrons. The van der Waals surface area contributed by atoms with Crippen molar-refractivity contribution >= 4 is 132 Å². The van der Waals surface area contributed by atoms with Gasteiger partial charge in [-0.3, -0.25) is 19.2 Å². The summed E-state index contributed by atoms with van der Waals surface area (Å²) in [6, 6.07) is 43.2. The number of aryl methyl sites for hydroxylation is 4. The molecular formula is C98H105Cl2F4N13O14Si2. The zero-order valence-electron chi connectivity index (χ0n) is 74.9. The van der Waals surface area contributed by atoms with E-state index in [1.54, 1.807) is 136 Å². The van der Waals surface area contributed by atoms with E-state index >= 15 is 0 Å². The van der Waals surface area contributed by atoms with Crippen LogP contribution in [0.3, 0.4) is 0 Å². The zero-order valence-corrected chi connectivity index (χ0v) is 78.4. The maximum Gasteiger partial charge on any atom is 0.409 e. The Morgan fingerprint density at radius 3 is 1.02 bits per heavy atom. The highest BCUT2D eigenvalue weighted by atomic mass is 35.5. The molecule has 0 amide bonds. The molecule has 696 valence electrons. The van der Waals surface area contributed by atoms with E-state index in [1.807, 2.05) is 66.0 Å². The van der Waals surface area contributed by atoms with Gasteiger partial charge in [0.05, 0.1) is 82.8 Å². The van der Waals surface area contributed by atoms with Crippen LogP contribution in [-0.2, 0) is 61.3 Å². The molecule has 27 nitrogen and oxygen atoms in total. The molecule has 0 atom stereocenters. The quantitative estimate of drug-likeness (QED) is 0.00744. The van der Waals surface area contributed by atoms with E-state index in [-0.39, 0.29) is 85.5 Å². The molecule has 0 saturated carbocycles. The van der Waals surface area contributed by atoms with Crippen molar-refractivity contribution in [2.45, 2.75) is 138 Å². The van der Waals surface area contributed by atoms with Gasteiger partial charge < -0.3 is 67.7 Å². The summed E-state index contributed by atoms with van der Waals surface area (Å²) >= 11 is 11.2. The molecule has 5 aromatic carbocycles. The van der Waals surface area contributed by atoms with Gasteiger partial charge >= 0.3 is 27.7 Å². The van der Waals surface area contributed by atoms with Gasteiger partial charge in [-0.1, -0.05) is 113 Å². The number of halogens is 6. The summed E-state index contributed by atoms with van der Waals surface area (Å²) in [5.74, 6) is -0.382. The second-order valence-electron chi connectivity index (χ2n) is 34.6. The van der Waals surface area contributed by atoms with Crippen LogP contribution < -0.4 is 36.6 Å². The molecule has 17 aromatic rings. The molecule has 0 saturated heterocycles. The van der Waals surface area contributed by atoms with Crippen LogP contribution in [0.5, 0.6) is 5.75 Å². The number of nitrogens with zero attached hydrogens (tertiary/aromatic N) is 13. The van der Waals surface area contributed by atoms with Crippen LogP contribution in [0.1, 0.15) is 74.7 Å². The predicted molar refractivity (Wildman–Crippen MR) is 516 cm³/mol. The average Bonchev–Trinajstić information content (AvgIpc) is 1.65. The number of benzene rings is 5. The normalized spacial score (nSPS) is 11.6. The SMILES string of the molecule is C.Cc1cc2c(ncc3c2c(CCl)cn3Cc2ccc(F)cc2)c(=O)n1OCOCC[Si](C)(C)C.Cc1cc2c(ncc3c2c(CN(C)C)cn3Cc2ccc(F)cc2)c(=O)n1OCOCC[Si](C)(C)C.Cc1cc2c(ncc3c2c(CO)cn3Cc2ccc(F)cc2)c(=O)n1O.Cc1cc2c(ncc3c2c(CO)cn3Cc2ccc(F)cc2)c(=O)n1O.O=C(Cl)Oc1ccccc1. The van der Waals surface area contributed by atoms with Crippen molar-refractivity contribution in [1.29, 1.82) is 0 Å². The van der Waals surface area contributed by atoms with E-state index in [1.165, 1.54) is 58.0 Å². The highest BCUT2D eigenvalue weighted by Crippen LogP contribution is 2.35. The molecular weight excluding hydrogens is 1790 g/mol. The molecule has 12 heterocycles. The molecule has 0 aliphatic heterocycles. The minimum Gasteiger partial charge on any atom is -0.425 e. The van der Waals surface area contributed by atoms with E-state index in [4.69, 9.17) is 42.4 Å². The second-order valence-corrected chi connectivity index (χ2v) is 46.4. The summed E-state index contributed by atoms with van der Waals surface area (Å²) in [7, 11) is 1.64. The predicted octanol–water partition coefficient (Wildman–Crippen LogP) is 18.2. The maximum absolute atomic E-state index is 13.4. The van der Waals surface area contributed by atoms with Gasteiger partial charge in [0.2, 0.25) is 13.6 Å². The van der Waals surface area contributed by atoms with Crippen molar-refractivity contribution in [2.75, 3.05) is 40.9 Å². The third-order valence-electron chi connectivity index (χ3n) is 21.9. The van der Waals surface area contributed by atoms with Crippen molar-refractivity contribution in [2.24, 2.45) is 0 Å². The molecule has 0 fully saturated rings. The summed E-state index contributed by atoms with van der Waals surface area (Å²) in [5.41, 5.74) is 10.7. The van der Waals surface area contributed by atoms with Crippen LogP contribution in [0.2, 0.25) is 51.4 Å². The summed E-state index contributed by atoms with van der Waals surface area (Å²) in [5, 5.41) is 45.2.